The molecule has 4 N–H and O–H groups in total. The predicted octanol–water partition coefficient (Wildman–Crippen LogP) is -4.62. The standard InChI is InChI=1S/C20H28N2.2ClH/c1-17(15-19-9-5-3-6-10-19)21-13-14-22-18(2)16-20-11-7-4-8-12-20;;/h3-12,17-18,21-22H,13-16H2,1-2H3;2*1H. The Morgan fingerprint density at radius 3 is 1.29 bits per heavy atom. The first-order valence-electron chi connectivity index (χ1n) is 8.48. The SMILES string of the molecule is CC(Cc1ccccc1)[NH2+]CC[NH2+]C(C)Cc1ccccc1.[Cl-].[Cl-]. The van der Waals surface area contributed by atoms with E-state index in [1.807, 2.05) is 0 Å². The molecule has 0 saturated heterocycles. The van der Waals surface area contributed by atoms with E-state index in [9.17, 15) is 0 Å². The third kappa shape index (κ3) is 9.29. The average Bonchev–Trinajstić information content (AvgIpc) is 2.53. The summed E-state index contributed by atoms with van der Waals surface area (Å²) in [4.78, 5) is 0. The summed E-state index contributed by atoms with van der Waals surface area (Å²) in [5, 5.41) is 4.94. The lowest BCUT2D eigenvalue weighted by Crippen LogP contribution is -3.00. The largest absolute Gasteiger partial charge is 1.00 e. The molecule has 134 valence electrons. The lowest BCUT2D eigenvalue weighted by atomic mass is 10.1. The zero-order valence-corrected chi connectivity index (χ0v) is 16.2. The summed E-state index contributed by atoms with van der Waals surface area (Å²) >= 11 is 0. The van der Waals surface area contributed by atoms with Gasteiger partial charge in [-0.15, -0.1) is 0 Å². The molecule has 2 aromatic rings. The van der Waals surface area contributed by atoms with Gasteiger partial charge in [0.1, 0.15) is 13.1 Å². The number of benzene rings is 2. The van der Waals surface area contributed by atoms with E-state index in [1.54, 1.807) is 0 Å². The van der Waals surface area contributed by atoms with Crippen molar-refractivity contribution in [1.82, 2.24) is 0 Å². The molecule has 2 nitrogen and oxygen atoms in total. The summed E-state index contributed by atoms with van der Waals surface area (Å²) in [7, 11) is 0. The fourth-order valence-corrected chi connectivity index (χ4v) is 2.90. The van der Waals surface area contributed by atoms with Crippen molar-refractivity contribution in [3.63, 3.8) is 0 Å². The van der Waals surface area contributed by atoms with Crippen molar-refractivity contribution in [2.24, 2.45) is 0 Å². The Bertz CT molecular complexity index is 470. The molecule has 0 bridgehead atoms. The van der Waals surface area contributed by atoms with Gasteiger partial charge in [0, 0.05) is 12.8 Å². The molecular weight excluding hydrogens is 339 g/mol. The lowest BCUT2D eigenvalue weighted by Gasteiger charge is -2.13. The first-order chi connectivity index (χ1) is 10.7. The fraction of sp³-hybridized carbons (Fsp3) is 0.400. The van der Waals surface area contributed by atoms with Gasteiger partial charge in [-0.3, -0.25) is 0 Å². The average molecular weight is 369 g/mol. The predicted molar refractivity (Wildman–Crippen MR) is 92.8 cm³/mol. The van der Waals surface area contributed by atoms with Crippen molar-refractivity contribution >= 4 is 0 Å². The van der Waals surface area contributed by atoms with E-state index in [4.69, 9.17) is 0 Å². The zero-order valence-electron chi connectivity index (χ0n) is 14.7. The van der Waals surface area contributed by atoms with Crippen molar-refractivity contribution in [3.05, 3.63) is 71.8 Å². The van der Waals surface area contributed by atoms with Crippen LogP contribution in [0.3, 0.4) is 0 Å². The number of nitrogens with two attached hydrogens (primary N) is 2. The lowest BCUT2D eigenvalue weighted by molar-refractivity contribution is -0.751. The fourth-order valence-electron chi connectivity index (χ4n) is 2.90. The summed E-state index contributed by atoms with van der Waals surface area (Å²) in [6.07, 6.45) is 2.31. The van der Waals surface area contributed by atoms with Crippen LogP contribution in [-0.2, 0) is 12.8 Å². The Kier molecular flexibility index (Phi) is 12.7. The van der Waals surface area contributed by atoms with Gasteiger partial charge in [0.15, 0.2) is 0 Å². The molecule has 4 heteroatoms. The molecule has 0 radical (unpaired) electrons. The van der Waals surface area contributed by atoms with Gasteiger partial charge in [0.25, 0.3) is 0 Å². The zero-order chi connectivity index (χ0) is 15.6. The van der Waals surface area contributed by atoms with Crippen LogP contribution in [0.4, 0.5) is 0 Å². The van der Waals surface area contributed by atoms with Gasteiger partial charge in [-0.2, -0.15) is 0 Å². The monoisotopic (exact) mass is 368 g/mol. The van der Waals surface area contributed by atoms with E-state index in [0.717, 1.165) is 12.8 Å². The van der Waals surface area contributed by atoms with Crippen LogP contribution in [0.25, 0.3) is 0 Å². The van der Waals surface area contributed by atoms with E-state index in [1.165, 1.54) is 24.2 Å². The Morgan fingerprint density at radius 1 is 0.625 bits per heavy atom. The number of rotatable bonds is 9. The smallest absolute Gasteiger partial charge is 0.125 e. The second kappa shape index (κ2) is 13.3. The first-order valence-corrected chi connectivity index (χ1v) is 8.48. The van der Waals surface area contributed by atoms with Crippen LogP contribution in [0.1, 0.15) is 25.0 Å². The van der Waals surface area contributed by atoms with Crippen molar-refractivity contribution in [3.8, 4) is 0 Å². The van der Waals surface area contributed by atoms with E-state index in [-0.39, 0.29) is 24.8 Å². The topological polar surface area (TPSA) is 33.2 Å². The molecule has 0 aliphatic rings. The van der Waals surface area contributed by atoms with Gasteiger partial charge in [-0.1, -0.05) is 60.7 Å². The molecule has 2 unspecified atom stereocenters. The van der Waals surface area contributed by atoms with Crippen LogP contribution in [-0.4, -0.2) is 25.2 Å². The van der Waals surface area contributed by atoms with Crippen molar-refractivity contribution < 1.29 is 35.4 Å². The molecule has 24 heavy (non-hydrogen) atoms. The van der Waals surface area contributed by atoms with Gasteiger partial charge in [-0.05, 0) is 25.0 Å². The van der Waals surface area contributed by atoms with Crippen LogP contribution in [0.15, 0.2) is 60.7 Å². The van der Waals surface area contributed by atoms with E-state index in [2.05, 4.69) is 85.1 Å². The molecule has 2 atom stereocenters. The van der Waals surface area contributed by atoms with E-state index in [0.29, 0.717) is 12.1 Å². The summed E-state index contributed by atoms with van der Waals surface area (Å²) in [5.74, 6) is 0. The van der Waals surface area contributed by atoms with Crippen LogP contribution in [0.2, 0.25) is 0 Å². The van der Waals surface area contributed by atoms with Crippen LogP contribution < -0.4 is 35.4 Å². The summed E-state index contributed by atoms with van der Waals surface area (Å²) < 4.78 is 0. The Labute approximate surface area is 159 Å². The highest BCUT2D eigenvalue weighted by Gasteiger charge is 2.09. The number of quaternary nitrogens is 2. The number of hydrogen-bond donors (Lipinski definition) is 2. The summed E-state index contributed by atoms with van der Waals surface area (Å²) in [5.41, 5.74) is 2.88. The Morgan fingerprint density at radius 2 is 0.958 bits per heavy atom. The van der Waals surface area contributed by atoms with Gasteiger partial charge >= 0.3 is 0 Å². The number of halogens is 2. The maximum atomic E-state index is 2.47. The molecular formula is C20H30Cl2N2. The normalized spacial score (nSPS) is 12.6. The second-order valence-corrected chi connectivity index (χ2v) is 6.38. The minimum Gasteiger partial charge on any atom is -1.00 e. The van der Waals surface area contributed by atoms with Crippen molar-refractivity contribution in [1.29, 1.82) is 0 Å². The third-order valence-electron chi connectivity index (χ3n) is 4.11. The molecule has 0 aliphatic carbocycles. The van der Waals surface area contributed by atoms with Crippen LogP contribution in [0, 0.1) is 0 Å². The second-order valence-electron chi connectivity index (χ2n) is 6.38. The van der Waals surface area contributed by atoms with Crippen LogP contribution in [0.5, 0.6) is 0 Å². The highest BCUT2D eigenvalue weighted by Crippen LogP contribution is 2.01. The maximum Gasteiger partial charge on any atom is 0.125 e. The van der Waals surface area contributed by atoms with E-state index >= 15 is 0 Å². The summed E-state index contributed by atoms with van der Waals surface area (Å²) in [6.45, 7) is 7.01. The van der Waals surface area contributed by atoms with Gasteiger partial charge in [0.2, 0.25) is 0 Å². The summed E-state index contributed by atoms with van der Waals surface area (Å²) in [6, 6.07) is 22.9. The van der Waals surface area contributed by atoms with Crippen molar-refractivity contribution in [2.75, 3.05) is 13.1 Å². The molecule has 2 aromatic carbocycles. The van der Waals surface area contributed by atoms with Gasteiger partial charge in [0.05, 0.1) is 12.1 Å². The molecule has 0 heterocycles. The molecule has 0 aromatic heterocycles. The number of hydrogen-bond acceptors (Lipinski definition) is 0. The highest BCUT2D eigenvalue weighted by molar-refractivity contribution is 5.15. The van der Waals surface area contributed by atoms with Crippen LogP contribution >= 0.6 is 0 Å². The minimum absolute atomic E-state index is 0. The van der Waals surface area contributed by atoms with Crippen molar-refractivity contribution in [2.45, 2.75) is 38.8 Å². The molecule has 0 saturated carbocycles. The molecule has 0 fully saturated rings. The van der Waals surface area contributed by atoms with Gasteiger partial charge in [-0.25, -0.2) is 0 Å². The van der Waals surface area contributed by atoms with E-state index < -0.39 is 0 Å². The Balaban J connectivity index is 0.00000264. The first kappa shape index (κ1) is 22.9. The third-order valence-corrected chi connectivity index (χ3v) is 4.11. The van der Waals surface area contributed by atoms with Gasteiger partial charge < -0.3 is 35.4 Å². The molecule has 2 rings (SSSR count). The molecule has 0 amide bonds. The minimum atomic E-state index is 0. The Hall–Kier alpha value is -1.06. The quantitative estimate of drug-likeness (QED) is 0.417. The molecule has 0 spiro atoms. The molecule has 0 aliphatic heterocycles. The maximum absolute atomic E-state index is 2.47. The highest BCUT2D eigenvalue weighted by atomic mass is 35.5.